The lowest BCUT2D eigenvalue weighted by molar-refractivity contribution is -0.132. The maximum absolute atomic E-state index is 10.2. The van der Waals surface area contributed by atoms with Crippen molar-refractivity contribution in [2.45, 2.75) is 0 Å². The number of carbonyl (C=O) groups is 2. The zero-order valence-corrected chi connectivity index (χ0v) is 5.52. The van der Waals surface area contributed by atoms with Gasteiger partial charge in [-0.3, -0.25) is 0 Å². The van der Waals surface area contributed by atoms with Gasteiger partial charge in [-0.1, -0.05) is 0 Å². The molecule has 11 heavy (non-hydrogen) atoms. The van der Waals surface area contributed by atoms with E-state index in [0.717, 1.165) is 12.3 Å². The molecule has 0 saturated carbocycles. The first kappa shape index (κ1) is 9.22. The van der Waals surface area contributed by atoms with Gasteiger partial charge in [-0.05, 0) is 6.08 Å². The van der Waals surface area contributed by atoms with Crippen molar-refractivity contribution in [2.24, 2.45) is 5.73 Å². The summed E-state index contributed by atoms with van der Waals surface area (Å²) in [6.45, 7) is 0. The second-order valence-electron chi connectivity index (χ2n) is 1.60. The van der Waals surface area contributed by atoms with Crippen molar-refractivity contribution in [1.29, 1.82) is 0 Å². The predicted molar refractivity (Wildman–Crippen MR) is 36.7 cm³/mol. The molecule has 0 radical (unpaired) electrons. The van der Waals surface area contributed by atoms with Gasteiger partial charge >= 0.3 is 11.9 Å². The molecule has 0 atom stereocenters. The van der Waals surface area contributed by atoms with E-state index in [1.165, 1.54) is 0 Å². The van der Waals surface area contributed by atoms with Crippen LogP contribution in [0.15, 0.2) is 23.9 Å². The van der Waals surface area contributed by atoms with E-state index in [0.29, 0.717) is 6.08 Å². The van der Waals surface area contributed by atoms with E-state index in [-0.39, 0.29) is 5.57 Å². The molecule has 0 heterocycles. The Bertz CT molecular complexity index is 229. The van der Waals surface area contributed by atoms with Crippen molar-refractivity contribution >= 4 is 11.9 Å². The Labute approximate surface area is 62.4 Å². The SMILES string of the molecule is NC=C(C=CC(=O)O)C(=O)O. The molecule has 0 aliphatic heterocycles. The molecule has 0 bridgehead atoms. The van der Waals surface area contributed by atoms with Crippen molar-refractivity contribution in [3.8, 4) is 0 Å². The van der Waals surface area contributed by atoms with Gasteiger partial charge in [0.2, 0.25) is 0 Å². The summed E-state index contributed by atoms with van der Waals surface area (Å²) in [5, 5.41) is 16.4. The molecule has 4 N–H and O–H groups in total. The summed E-state index contributed by atoms with van der Waals surface area (Å²) in [5.74, 6) is -2.48. The first-order valence-electron chi connectivity index (χ1n) is 2.64. The molecule has 0 amide bonds. The molecular formula is C6H7NO4. The van der Waals surface area contributed by atoms with Crippen LogP contribution < -0.4 is 5.73 Å². The van der Waals surface area contributed by atoms with Crippen LogP contribution in [0.2, 0.25) is 0 Å². The second kappa shape index (κ2) is 4.10. The lowest BCUT2D eigenvalue weighted by Gasteiger charge is -1.88. The Balaban J connectivity index is 4.34. The summed E-state index contributed by atoms with van der Waals surface area (Å²) in [5.41, 5.74) is 4.62. The number of rotatable bonds is 3. The molecule has 0 aliphatic carbocycles. The molecule has 0 unspecified atom stereocenters. The van der Waals surface area contributed by atoms with Gasteiger partial charge < -0.3 is 15.9 Å². The molecule has 0 aliphatic rings. The van der Waals surface area contributed by atoms with Crippen molar-refractivity contribution in [1.82, 2.24) is 0 Å². The summed E-state index contributed by atoms with van der Waals surface area (Å²) in [4.78, 5) is 20.0. The first-order valence-corrected chi connectivity index (χ1v) is 2.64. The summed E-state index contributed by atoms with van der Waals surface area (Å²) in [7, 11) is 0. The summed E-state index contributed by atoms with van der Waals surface area (Å²) in [6.07, 6.45) is 2.43. The Morgan fingerprint density at radius 3 is 2.00 bits per heavy atom. The van der Waals surface area contributed by atoms with Gasteiger partial charge in [0.05, 0.1) is 5.57 Å². The Kier molecular flexibility index (Phi) is 3.44. The molecule has 0 rings (SSSR count). The van der Waals surface area contributed by atoms with Crippen molar-refractivity contribution in [3.63, 3.8) is 0 Å². The van der Waals surface area contributed by atoms with Crippen molar-refractivity contribution in [3.05, 3.63) is 23.9 Å². The minimum atomic E-state index is -1.26. The highest BCUT2D eigenvalue weighted by Crippen LogP contribution is 1.93. The van der Waals surface area contributed by atoms with Crippen molar-refractivity contribution in [2.75, 3.05) is 0 Å². The van der Waals surface area contributed by atoms with E-state index in [1.54, 1.807) is 0 Å². The molecule has 0 aromatic heterocycles. The minimum Gasteiger partial charge on any atom is -0.478 e. The quantitative estimate of drug-likeness (QED) is 0.380. The van der Waals surface area contributed by atoms with E-state index in [2.05, 4.69) is 0 Å². The summed E-state index contributed by atoms with van der Waals surface area (Å²) < 4.78 is 0. The molecular weight excluding hydrogens is 150 g/mol. The molecule has 0 spiro atoms. The lowest BCUT2D eigenvalue weighted by atomic mass is 10.2. The van der Waals surface area contributed by atoms with Crippen LogP contribution in [-0.4, -0.2) is 22.2 Å². The van der Waals surface area contributed by atoms with Gasteiger partial charge in [-0.25, -0.2) is 9.59 Å². The summed E-state index contributed by atoms with van der Waals surface area (Å²) in [6, 6.07) is 0. The molecule has 0 aromatic carbocycles. The van der Waals surface area contributed by atoms with Crippen LogP contribution in [0.1, 0.15) is 0 Å². The normalized spacial score (nSPS) is 11.8. The zero-order valence-electron chi connectivity index (χ0n) is 5.52. The zero-order chi connectivity index (χ0) is 8.85. The second-order valence-corrected chi connectivity index (χ2v) is 1.60. The van der Waals surface area contributed by atoms with E-state index in [4.69, 9.17) is 15.9 Å². The fourth-order valence-electron chi connectivity index (χ4n) is 0.359. The van der Waals surface area contributed by atoms with Gasteiger partial charge in [0, 0.05) is 12.3 Å². The highest BCUT2D eigenvalue weighted by atomic mass is 16.4. The van der Waals surface area contributed by atoms with Crippen molar-refractivity contribution < 1.29 is 19.8 Å². The number of carboxylic acid groups (broad SMARTS) is 2. The topological polar surface area (TPSA) is 101 Å². The third-order valence-electron chi connectivity index (χ3n) is 0.832. The van der Waals surface area contributed by atoms with Gasteiger partial charge in [0.25, 0.3) is 0 Å². The highest BCUT2D eigenvalue weighted by molar-refractivity contribution is 5.92. The van der Waals surface area contributed by atoms with Crippen LogP contribution in [0.3, 0.4) is 0 Å². The standard InChI is InChI=1S/C6H7NO4/c7-3-4(6(10)11)1-2-5(8)9/h1-3H,7H2,(H,8,9)(H,10,11). The third kappa shape index (κ3) is 3.74. The largest absolute Gasteiger partial charge is 0.478 e. The van der Waals surface area contributed by atoms with E-state index >= 15 is 0 Å². The number of hydrogen-bond acceptors (Lipinski definition) is 3. The molecule has 0 fully saturated rings. The van der Waals surface area contributed by atoms with Crippen LogP contribution in [0.4, 0.5) is 0 Å². The monoisotopic (exact) mass is 157 g/mol. The Morgan fingerprint density at radius 2 is 1.73 bits per heavy atom. The Hall–Kier alpha value is -1.78. The van der Waals surface area contributed by atoms with Crippen LogP contribution >= 0.6 is 0 Å². The summed E-state index contributed by atoms with van der Waals surface area (Å²) >= 11 is 0. The average molecular weight is 157 g/mol. The fourth-order valence-corrected chi connectivity index (χ4v) is 0.359. The molecule has 0 aromatic rings. The van der Waals surface area contributed by atoms with Crippen LogP contribution in [0.5, 0.6) is 0 Å². The highest BCUT2D eigenvalue weighted by Gasteiger charge is 2.01. The third-order valence-corrected chi connectivity index (χ3v) is 0.832. The van der Waals surface area contributed by atoms with Gasteiger partial charge in [-0.2, -0.15) is 0 Å². The Morgan fingerprint density at radius 1 is 1.18 bits per heavy atom. The maximum atomic E-state index is 10.2. The van der Waals surface area contributed by atoms with E-state index in [9.17, 15) is 9.59 Å². The number of carboxylic acids is 2. The average Bonchev–Trinajstić information content (AvgIpc) is 1.87. The smallest absolute Gasteiger partial charge is 0.337 e. The molecule has 5 heteroatoms. The van der Waals surface area contributed by atoms with Crippen LogP contribution in [-0.2, 0) is 9.59 Å². The maximum Gasteiger partial charge on any atom is 0.337 e. The molecule has 5 nitrogen and oxygen atoms in total. The minimum absolute atomic E-state index is 0.257. The molecule has 60 valence electrons. The van der Waals surface area contributed by atoms with Gasteiger partial charge in [-0.15, -0.1) is 0 Å². The fraction of sp³-hybridized carbons (Fsp3) is 0. The van der Waals surface area contributed by atoms with E-state index < -0.39 is 11.9 Å². The predicted octanol–water partition coefficient (Wildman–Crippen LogP) is -0.446. The van der Waals surface area contributed by atoms with E-state index in [1.807, 2.05) is 0 Å². The van der Waals surface area contributed by atoms with Gasteiger partial charge in [0.1, 0.15) is 0 Å². The van der Waals surface area contributed by atoms with Crippen LogP contribution in [0, 0.1) is 0 Å². The lowest BCUT2D eigenvalue weighted by Crippen LogP contribution is -2.01. The molecule has 0 saturated heterocycles. The first-order chi connectivity index (χ1) is 5.07. The number of hydrogen-bond donors (Lipinski definition) is 3. The van der Waals surface area contributed by atoms with Crippen LogP contribution in [0.25, 0.3) is 0 Å². The van der Waals surface area contributed by atoms with Gasteiger partial charge in [0.15, 0.2) is 0 Å². The number of aliphatic carboxylic acids is 2. The number of nitrogens with two attached hydrogens (primary N) is 1.